The maximum Gasteiger partial charge on any atom is 0.416 e. The highest BCUT2D eigenvalue weighted by molar-refractivity contribution is 5.55. The molecule has 6 nitrogen and oxygen atoms in total. The molecule has 158 valence electrons. The average Bonchev–Trinajstić information content (AvgIpc) is 3.24. The fourth-order valence-electron chi connectivity index (χ4n) is 3.44. The van der Waals surface area contributed by atoms with E-state index < -0.39 is 11.7 Å². The number of aromatic amines is 1. The summed E-state index contributed by atoms with van der Waals surface area (Å²) in [7, 11) is 0. The number of benzene rings is 2. The van der Waals surface area contributed by atoms with Crippen molar-refractivity contribution in [2.75, 3.05) is 32.8 Å². The second-order valence-electron chi connectivity index (χ2n) is 7.04. The minimum Gasteiger partial charge on any atom is -0.492 e. The van der Waals surface area contributed by atoms with E-state index in [4.69, 9.17) is 4.74 Å². The van der Waals surface area contributed by atoms with Gasteiger partial charge in [-0.05, 0) is 24.3 Å². The van der Waals surface area contributed by atoms with Gasteiger partial charge in [-0.2, -0.15) is 18.3 Å². The van der Waals surface area contributed by atoms with E-state index in [0.29, 0.717) is 30.4 Å². The second kappa shape index (κ2) is 8.85. The summed E-state index contributed by atoms with van der Waals surface area (Å²) >= 11 is 0. The highest BCUT2D eigenvalue weighted by Crippen LogP contribution is 2.30. The number of ether oxygens (including phenoxy) is 1. The van der Waals surface area contributed by atoms with Crippen molar-refractivity contribution in [1.82, 2.24) is 25.4 Å². The number of hydrogen-bond acceptors (Lipinski definition) is 5. The van der Waals surface area contributed by atoms with Crippen molar-refractivity contribution in [3.05, 3.63) is 66.0 Å². The zero-order valence-electron chi connectivity index (χ0n) is 16.2. The zero-order chi connectivity index (χ0) is 21.0. The summed E-state index contributed by atoms with van der Waals surface area (Å²) in [5, 5.41) is 10.5. The number of piperazine rings is 1. The Hall–Kier alpha value is -2.91. The Balaban J connectivity index is 1.42. The SMILES string of the molecule is FC(F)(F)c1ccc(-c2n[nH]c(C3CNCCN3CCOc3ccccc3)n2)cc1. The van der Waals surface area contributed by atoms with Crippen molar-refractivity contribution < 1.29 is 17.9 Å². The lowest BCUT2D eigenvalue weighted by atomic mass is 10.1. The van der Waals surface area contributed by atoms with Gasteiger partial charge in [-0.15, -0.1) is 0 Å². The van der Waals surface area contributed by atoms with E-state index in [1.54, 1.807) is 0 Å². The highest BCUT2D eigenvalue weighted by atomic mass is 19.4. The number of halogens is 3. The largest absolute Gasteiger partial charge is 0.492 e. The van der Waals surface area contributed by atoms with Crippen molar-refractivity contribution in [3.63, 3.8) is 0 Å². The maximum atomic E-state index is 12.8. The van der Waals surface area contributed by atoms with Gasteiger partial charge >= 0.3 is 6.18 Å². The first-order valence-corrected chi connectivity index (χ1v) is 9.73. The van der Waals surface area contributed by atoms with Crippen LogP contribution in [0.4, 0.5) is 13.2 Å². The van der Waals surface area contributed by atoms with Crippen LogP contribution in [0.5, 0.6) is 5.75 Å². The Morgan fingerprint density at radius 2 is 1.83 bits per heavy atom. The molecule has 3 aromatic rings. The van der Waals surface area contributed by atoms with Crippen LogP contribution in [-0.2, 0) is 6.18 Å². The molecular formula is C21H22F3N5O. The molecule has 0 bridgehead atoms. The van der Waals surface area contributed by atoms with E-state index in [1.165, 1.54) is 12.1 Å². The predicted octanol–water partition coefficient (Wildman–Crippen LogP) is 3.52. The molecule has 0 radical (unpaired) electrons. The molecule has 1 aliphatic heterocycles. The van der Waals surface area contributed by atoms with Crippen LogP contribution in [-0.4, -0.2) is 52.9 Å². The van der Waals surface area contributed by atoms with Crippen LogP contribution in [0, 0.1) is 0 Å². The molecule has 2 heterocycles. The Bertz CT molecular complexity index is 943. The first-order valence-electron chi connectivity index (χ1n) is 9.73. The summed E-state index contributed by atoms with van der Waals surface area (Å²) in [6.07, 6.45) is -4.36. The first kappa shape index (κ1) is 20.4. The van der Waals surface area contributed by atoms with Gasteiger partial charge in [-0.25, -0.2) is 4.98 Å². The topological polar surface area (TPSA) is 66.1 Å². The van der Waals surface area contributed by atoms with Gasteiger partial charge in [0, 0.05) is 31.7 Å². The number of aromatic nitrogens is 3. The molecule has 4 rings (SSSR count). The van der Waals surface area contributed by atoms with Crippen LogP contribution in [0.15, 0.2) is 54.6 Å². The lowest BCUT2D eigenvalue weighted by Crippen LogP contribution is -2.47. The lowest BCUT2D eigenvalue weighted by Gasteiger charge is -2.34. The number of hydrogen-bond donors (Lipinski definition) is 2. The van der Waals surface area contributed by atoms with Gasteiger partial charge in [0.1, 0.15) is 18.2 Å². The van der Waals surface area contributed by atoms with Crippen molar-refractivity contribution >= 4 is 0 Å². The van der Waals surface area contributed by atoms with Crippen LogP contribution in [0.2, 0.25) is 0 Å². The molecular weight excluding hydrogens is 395 g/mol. The monoisotopic (exact) mass is 417 g/mol. The van der Waals surface area contributed by atoms with E-state index in [1.807, 2.05) is 30.3 Å². The molecule has 0 amide bonds. The molecule has 0 saturated carbocycles. The molecule has 1 fully saturated rings. The van der Waals surface area contributed by atoms with E-state index in [0.717, 1.165) is 37.5 Å². The quantitative estimate of drug-likeness (QED) is 0.643. The van der Waals surface area contributed by atoms with Gasteiger partial charge in [-0.3, -0.25) is 10.00 Å². The normalized spacial score (nSPS) is 17.8. The Labute approximate surface area is 172 Å². The fraction of sp³-hybridized carbons (Fsp3) is 0.333. The molecule has 1 aromatic heterocycles. The van der Waals surface area contributed by atoms with Crippen LogP contribution in [0.25, 0.3) is 11.4 Å². The van der Waals surface area contributed by atoms with Gasteiger partial charge in [0.25, 0.3) is 0 Å². The Morgan fingerprint density at radius 1 is 1.07 bits per heavy atom. The van der Waals surface area contributed by atoms with Crippen LogP contribution in [0.1, 0.15) is 17.4 Å². The third kappa shape index (κ3) is 4.80. The molecule has 30 heavy (non-hydrogen) atoms. The molecule has 1 atom stereocenters. The van der Waals surface area contributed by atoms with Crippen molar-refractivity contribution in [2.45, 2.75) is 12.2 Å². The number of alkyl halides is 3. The molecule has 2 N–H and O–H groups in total. The summed E-state index contributed by atoms with van der Waals surface area (Å²) in [4.78, 5) is 6.80. The van der Waals surface area contributed by atoms with E-state index in [9.17, 15) is 13.2 Å². The Morgan fingerprint density at radius 3 is 2.57 bits per heavy atom. The second-order valence-corrected chi connectivity index (χ2v) is 7.04. The lowest BCUT2D eigenvalue weighted by molar-refractivity contribution is -0.137. The molecule has 1 aliphatic rings. The number of para-hydroxylation sites is 1. The molecule has 0 spiro atoms. The number of nitrogens with one attached hydrogen (secondary N) is 2. The third-order valence-electron chi connectivity index (χ3n) is 5.03. The molecule has 1 unspecified atom stereocenters. The zero-order valence-corrected chi connectivity index (χ0v) is 16.2. The number of rotatable bonds is 6. The number of H-pyrrole nitrogens is 1. The highest BCUT2D eigenvalue weighted by Gasteiger charge is 2.30. The van der Waals surface area contributed by atoms with E-state index in [2.05, 4.69) is 25.4 Å². The van der Waals surface area contributed by atoms with Crippen molar-refractivity contribution in [2.24, 2.45) is 0 Å². The standard InChI is InChI=1S/C21H22F3N5O/c22-21(23,24)16-8-6-15(7-9-16)19-26-20(28-27-19)18-14-25-10-11-29(18)12-13-30-17-4-2-1-3-5-17/h1-9,18,25H,10-14H2,(H,26,27,28). The van der Waals surface area contributed by atoms with E-state index in [-0.39, 0.29) is 6.04 Å². The van der Waals surface area contributed by atoms with Crippen LogP contribution in [0.3, 0.4) is 0 Å². The summed E-state index contributed by atoms with van der Waals surface area (Å²) in [6, 6.07) is 14.5. The van der Waals surface area contributed by atoms with E-state index >= 15 is 0 Å². The number of nitrogens with zero attached hydrogens (tertiary/aromatic N) is 3. The van der Waals surface area contributed by atoms with Crippen LogP contribution < -0.4 is 10.1 Å². The summed E-state index contributed by atoms with van der Waals surface area (Å²) in [5.74, 6) is 1.88. The first-order chi connectivity index (χ1) is 14.5. The Kier molecular flexibility index (Phi) is 6.01. The predicted molar refractivity (Wildman–Crippen MR) is 106 cm³/mol. The van der Waals surface area contributed by atoms with Crippen molar-refractivity contribution in [1.29, 1.82) is 0 Å². The molecule has 0 aliphatic carbocycles. The molecule has 1 saturated heterocycles. The van der Waals surface area contributed by atoms with Gasteiger partial charge in [0.2, 0.25) is 0 Å². The van der Waals surface area contributed by atoms with Crippen LogP contribution >= 0.6 is 0 Å². The molecule has 2 aromatic carbocycles. The summed E-state index contributed by atoms with van der Waals surface area (Å²) < 4.78 is 44.1. The smallest absolute Gasteiger partial charge is 0.416 e. The van der Waals surface area contributed by atoms with Gasteiger partial charge < -0.3 is 10.1 Å². The van der Waals surface area contributed by atoms with Gasteiger partial charge in [0.15, 0.2) is 5.82 Å². The molecule has 9 heteroatoms. The van der Waals surface area contributed by atoms with Gasteiger partial charge in [-0.1, -0.05) is 30.3 Å². The van der Waals surface area contributed by atoms with Crippen molar-refractivity contribution in [3.8, 4) is 17.1 Å². The minimum atomic E-state index is -4.36. The average molecular weight is 417 g/mol. The fourth-order valence-corrected chi connectivity index (χ4v) is 3.44. The summed E-state index contributed by atoms with van der Waals surface area (Å²) in [6.45, 7) is 3.66. The minimum absolute atomic E-state index is 0.0196. The maximum absolute atomic E-state index is 12.8. The van der Waals surface area contributed by atoms with Gasteiger partial charge in [0.05, 0.1) is 11.6 Å². The summed E-state index contributed by atoms with van der Waals surface area (Å²) in [5.41, 5.74) is -0.156. The third-order valence-corrected chi connectivity index (χ3v) is 5.03.